The molecule has 16 heavy (non-hydrogen) atoms. The van der Waals surface area contributed by atoms with Gasteiger partial charge < -0.3 is 10.0 Å². The van der Waals surface area contributed by atoms with Crippen LogP contribution < -0.4 is 4.90 Å². The lowest BCUT2D eigenvalue weighted by Crippen LogP contribution is -2.14. The lowest BCUT2D eigenvalue weighted by atomic mass is 10.0. The van der Waals surface area contributed by atoms with Crippen molar-refractivity contribution in [2.45, 2.75) is 19.2 Å². The van der Waals surface area contributed by atoms with Gasteiger partial charge in [-0.15, -0.1) is 0 Å². The fraction of sp³-hybridized carbons (Fsp3) is 0.455. The summed E-state index contributed by atoms with van der Waals surface area (Å²) in [6.45, 7) is 1.32. The summed E-state index contributed by atoms with van der Waals surface area (Å²) >= 11 is 0. The Hall–Kier alpha value is -1.23. The molecule has 1 atom stereocenters. The van der Waals surface area contributed by atoms with Gasteiger partial charge in [0.25, 0.3) is 0 Å². The Kier molecular flexibility index (Phi) is 3.48. The fourth-order valence-electron chi connectivity index (χ4n) is 1.43. The van der Waals surface area contributed by atoms with Crippen molar-refractivity contribution >= 4 is 5.69 Å². The van der Waals surface area contributed by atoms with Gasteiger partial charge in [-0.2, -0.15) is 13.2 Å². The van der Waals surface area contributed by atoms with Gasteiger partial charge in [0.1, 0.15) is 0 Å². The first-order chi connectivity index (χ1) is 7.23. The topological polar surface area (TPSA) is 23.5 Å². The van der Waals surface area contributed by atoms with E-state index in [0.717, 1.165) is 6.07 Å². The first kappa shape index (κ1) is 12.8. The van der Waals surface area contributed by atoms with Gasteiger partial charge in [-0.25, -0.2) is 0 Å². The monoisotopic (exact) mass is 233 g/mol. The van der Waals surface area contributed by atoms with Crippen LogP contribution in [0.25, 0.3) is 0 Å². The molecule has 0 aliphatic heterocycles. The highest BCUT2D eigenvalue weighted by Crippen LogP contribution is 2.36. The minimum absolute atomic E-state index is 0.0984. The molecule has 1 N–H and O–H groups in total. The maximum absolute atomic E-state index is 12.6. The smallest absolute Gasteiger partial charge is 0.389 e. The molecule has 90 valence electrons. The number of rotatable bonds is 2. The van der Waals surface area contributed by atoms with E-state index in [0.29, 0.717) is 5.69 Å². The number of hydrogen-bond donors (Lipinski definition) is 1. The first-order valence-electron chi connectivity index (χ1n) is 4.80. The van der Waals surface area contributed by atoms with Crippen LogP contribution in [0.3, 0.4) is 0 Å². The van der Waals surface area contributed by atoms with E-state index in [9.17, 15) is 18.3 Å². The van der Waals surface area contributed by atoms with Crippen LogP contribution in [0.4, 0.5) is 18.9 Å². The summed E-state index contributed by atoms with van der Waals surface area (Å²) in [4.78, 5) is 1.69. The predicted octanol–water partition coefficient (Wildman–Crippen LogP) is 2.82. The molecule has 1 rings (SSSR count). The molecule has 0 spiro atoms. The second-order valence-electron chi connectivity index (χ2n) is 3.84. The summed E-state index contributed by atoms with van der Waals surface area (Å²) in [5.74, 6) is 0. The molecular formula is C11H14F3NO. The third-order valence-corrected chi connectivity index (χ3v) is 2.31. The van der Waals surface area contributed by atoms with Crippen molar-refractivity contribution in [1.82, 2.24) is 0 Å². The molecule has 0 aliphatic rings. The Balaban J connectivity index is 3.31. The Labute approximate surface area is 92.3 Å². The second-order valence-corrected chi connectivity index (χ2v) is 3.84. The van der Waals surface area contributed by atoms with Gasteiger partial charge in [-0.3, -0.25) is 0 Å². The van der Waals surface area contributed by atoms with Crippen molar-refractivity contribution in [2.24, 2.45) is 0 Å². The van der Waals surface area contributed by atoms with E-state index in [4.69, 9.17) is 0 Å². The summed E-state index contributed by atoms with van der Waals surface area (Å²) in [6.07, 6.45) is -5.58. The van der Waals surface area contributed by atoms with Gasteiger partial charge in [0.15, 0.2) is 0 Å². The minimum atomic E-state index is -4.43. The van der Waals surface area contributed by atoms with Crippen molar-refractivity contribution in [3.8, 4) is 0 Å². The van der Waals surface area contributed by atoms with E-state index in [-0.39, 0.29) is 5.56 Å². The predicted molar refractivity (Wildman–Crippen MR) is 56.4 cm³/mol. The zero-order valence-electron chi connectivity index (χ0n) is 9.34. The summed E-state index contributed by atoms with van der Waals surface area (Å²) in [5, 5.41) is 9.36. The Morgan fingerprint density at radius 2 is 1.81 bits per heavy atom. The molecule has 0 amide bonds. The van der Waals surface area contributed by atoms with Crippen molar-refractivity contribution in [1.29, 1.82) is 0 Å². The number of halogens is 3. The first-order valence-corrected chi connectivity index (χ1v) is 4.80. The van der Waals surface area contributed by atoms with E-state index in [2.05, 4.69) is 0 Å². The fourth-order valence-corrected chi connectivity index (χ4v) is 1.43. The van der Waals surface area contributed by atoms with E-state index in [1.807, 2.05) is 0 Å². The van der Waals surface area contributed by atoms with Crippen LogP contribution in [0.1, 0.15) is 24.2 Å². The summed E-state index contributed by atoms with van der Waals surface area (Å²) in [7, 11) is 3.46. The van der Waals surface area contributed by atoms with Crippen LogP contribution in [0.2, 0.25) is 0 Å². The standard InChI is InChI=1S/C11H14F3NO/c1-7(16)9-6-8(15(2)3)4-5-10(9)11(12,13)14/h4-7,16H,1-3H3. The van der Waals surface area contributed by atoms with Crippen LogP contribution in [-0.4, -0.2) is 19.2 Å². The molecule has 5 heteroatoms. The SMILES string of the molecule is CC(O)c1cc(N(C)C)ccc1C(F)(F)F. The maximum atomic E-state index is 12.6. The highest BCUT2D eigenvalue weighted by atomic mass is 19.4. The average Bonchev–Trinajstić information content (AvgIpc) is 2.15. The highest BCUT2D eigenvalue weighted by molar-refractivity contribution is 5.51. The lowest BCUT2D eigenvalue weighted by Gasteiger charge is -2.19. The molecule has 0 fully saturated rings. The van der Waals surface area contributed by atoms with Crippen molar-refractivity contribution < 1.29 is 18.3 Å². The molecule has 1 aromatic carbocycles. The summed E-state index contributed by atoms with van der Waals surface area (Å²) < 4.78 is 37.9. The van der Waals surface area contributed by atoms with E-state index in [1.165, 1.54) is 19.1 Å². The molecule has 0 saturated carbocycles. The number of anilines is 1. The average molecular weight is 233 g/mol. The maximum Gasteiger partial charge on any atom is 0.416 e. The van der Waals surface area contributed by atoms with Crippen LogP contribution >= 0.6 is 0 Å². The van der Waals surface area contributed by atoms with Crippen molar-refractivity contribution in [2.75, 3.05) is 19.0 Å². The van der Waals surface area contributed by atoms with Crippen molar-refractivity contribution in [3.63, 3.8) is 0 Å². The largest absolute Gasteiger partial charge is 0.416 e. The van der Waals surface area contributed by atoms with Gasteiger partial charge in [-0.05, 0) is 30.7 Å². The molecule has 0 bridgehead atoms. The zero-order valence-corrected chi connectivity index (χ0v) is 9.34. The summed E-state index contributed by atoms with van der Waals surface area (Å²) in [5.41, 5.74) is -0.254. The normalized spacial score (nSPS) is 13.7. The van der Waals surface area contributed by atoms with E-state index in [1.54, 1.807) is 19.0 Å². The third-order valence-electron chi connectivity index (χ3n) is 2.31. The van der Waals surface area contributed by atoms with E-state index >= 15 is 0 Å². The Morgan fingerprint density at radius 1 is 1.25 bits per heavy atom. The van der Waals surface area contributed by atoms with Crippen molar-refractivity contribution in [3.05, 3.63) is 29.3 Å². The number of hydrogen-bond acceptors (Lipinski definition) is 2. The quantitative estimate of drug-likeness (QED) is 0.849. The van der Waals surface area contributed by atoms with Gasteiger partial charge in [0.05, 0.1) is 11.7 Å². The van der Waals surface area contributed by atoms with Gasteiger partial charge in [0.2, 0.25) is 0 Å². The molecular weight excluding hydrogens is 219 g/mol. The van der Waals surface area contributed by atoms with Crippen LogP contribution in [-0.2, 0) is 6.18 Å². The second kappa shape index (κ2) is 4.33. The molecule has 2 nitrogen and oxygen atoms in total. The van der Waals surface area contributed by atoms with E-state index < -0.39 is 17.8 Å². The Morgan fingerprint density at radius 3 is 2.19 bits per heavy atom. The van der Waals surface area contributed by atoms with Gasteiger partial charge >= 0.3 is 6.18 Å². The summed E-state index contributed by atoms with van der Waals surface area (Å²) in [6, 6.07) is 3.74. The number of benzene rings is 1. The minimum Gasteiger partial charge on any atom is -0.389 e. The highest BCUT2D eigenvalue weighted by Gasteiger charge is 2.34. The number of alkyl halides is 3. The molecule has 1 unspecified atom stereocenters. The molecule has 0 radical (unpaired) electrons. The van der Waals surface area contributed by atoms with Gasteiger partial charge in [0, 0.05) is 19.8 Å². The van der Waals surface area contributed by atoms with Crippen LogP contribution in [0.5, 0.6) is 0 Å². The molecule has 0 saturated heterocycles. The number of nitrogens with zero attached hydrogens (tertiary/aromatic N) is 1. The van der Waals surface area contributed by atoms with Crippen LogP contribution in [0, 0.1) is 0 Å². The Bertz CT molecular complexity index is 372. The molecule has 0 aliphatic carbocycles. The number of aliphatic hydroxyl groups excluding tert-OH is 1. The lowest BCUT2D eigenvalue weighted by molar-refractivity contribution is -0.139. The molecule has 1 aromatic rings. The third kappa shape index (κ3) is 2.66. The number of aliphatic hydroxyl groups is 1. The van der Waals surface area contributed by atoms with Crippen LogP contribution in [0.15, 0.2) is 18.2 Å². The zero-order chi connectivity index (χ0) is 12.5. The molecule has 0 aromatic heterocycles. The van der Waals surface area contributed by atoms with Gasteiger partial charge in [-0.1, -0.05) is 0 Å². The molecule has 0 heterocycles.